The van der Waals surface area contributed by atoms with E-state index in [0.29, 0.717) is 42.6 Å². The van der Waals surface area contributed by atoms with Crippen LogP contribution in [0, 0.1) is 0 Å². The maximum atomic E-state index is 12.7. The Balaban J connectivity index is 1.43. The number of hydrogen-bond acceptors (Lipinski definition) is 4. The summed E-state index contributed by atoms with van der Waals surface area (Å²) in [5.74, 6) is 0.552. The predicted molar refractivity (Wildman–Crippen MR) is 94.0 cm³/mol. The second kappa shape index (κ2) is 7.21. The number of hydrogen-bond donors (Lipinski definition) is 0. The molecular weight excluding hydrogens is 375 g/mol. The molecule has 3 heterocycles. The van der Waals surface area contributed by atoms with Gasteiger partial charge < -0.3 is 18.7 Å². The zero-order valence-corrected chi connectivity index (χ0v) is 14.9. The Kier molecular flexibility index (Phi) is 4.74. The van der Waals surface area contributed by atoms with E-state index >= 15 is 0 Å². The van der Waals surface area contributed by atoms with Crippen LogP contribution in [0.25, 0.3) is 10.9 Å². The zero-order chi connectivity index (χ0) is 19.7. The van der Waals surface area contributed by atoms with E-state index in [4.69, 9.17) is 9.26 Å². The molecule has 1 aliphatic heterocycles. The largest absolute Gasteiger partial charge is 0.490 e. The molecule has 0 spiro atoms. The molecule has 1 saturated heterocycles. The number of rotatable bonds is 4. The van der Waals surface area contributed by atoms with Crippen molar-refractivity contribution in [3.63, 3.8) is 0 Å². The number of carbonyl (C=O) groups excluding carboxylic acids is 1. The van der Waals surface area contributed by atoms with Crippen LogP contribution in [0.4, 0.5) is 13.2 Å². The highest BCUT2D eigenvalue weighted by molar-refractivity contribution is 5.91. The van der Waals surface area contributed by atoms with Crippen molar-refractivity contribution in [2.75, 3.05) is 13.1 Å². The van der Waals surface area contributed by atoms with Gasteiger partial charge in [0, 0.05) is 43.6 Å². The summed E-state index contributed by atoms with van der Waals surface area (Å²) in [5, 5.41) is 4.19. The highest BCUT2D eigenvalue weighted by Gasteiger charge is 2.29. The molecule has 1 fully saturated rings. The molecule has 28 heavy (non-hydrogen) atoms. The first-order valence-electron chi connectivity index (χ1n) is 8.92. The van der Waals surface area contributed by atoms with Gasteiger partial charge in [-0.2, -0.15) is 13.2 Å². The van der Waals surface area contributed by atoms with Crippen molar-refractivity contribution in [2.24, 2.45) is 0 Å². The minimum Gasteiger partial charge on any atom is -0.490 e. The van der Waals surface area contributed by atoms with Crippen LogP contribution in [0.5, 0.6) is 5.75 Å². The molecule has 0 radical (unpaired) electrons. The number of carbonyl (C=O) groups is 1. The number of benzene rings is 1. The predicted octanol–water partition coefficient (Wildman–Crippen LogP) is 3.88. The molecule has 2 aromatic heterocycles. The summed E-state index contributed by atoms with van der Waals surface area (Å²) in [5.41, 5.74) is 0.479. The number of halogens is 3. The highest BCUT2D eigenvalue weighted by atomic mass is 19.4. The van der Waals surface area contributed by atoms with E-state index in [1.165, 1.54) is 23.0 Å². The molecule has 0 saturated carbocycles. The summed E-state index contributed by atoms with van der Waals surface area (Å²) in [7, 11) is 0. The lowest BCUT2D eigenvalue weighted by molar-refractivity contribution is -0.139. The Labute approximate surface area is 158 Å². The Morgan fingerprint density at radius 2 is 2.00 bits per heavy atom. The molecule has 1 aromatic carbocycles. The molecular formula is C19H18F3N3O3. The number of nitrogens with zero attached hydrogens (tertiary/aromatic N) is 3. The number of ether oxygens (including phenoxy) is 1. The summed E-state index contributed by atoms with van der Waals surface area (Å²) in [6, 6.07) is 8.25. The van der Waals surface area contributed by atoms with Gasteiger partial charge in [0.15, 0.2) is 0 Å². The number of alkyl halides is 3. The lowest BCUT2D eigenvalue weighted by Crippen LogP contribution is -2.41. The molecule has 0 atom stereocenters. The van der Waals surface area contributed by atoms with Crippen molar-refractivity contribution in [2.45, 2.75) is 31.7 Å². The number of amides is 1. The van der Waals surface area contributed by atoms with Gasteiger partial charge in [-0.15, -0.1) is 0 Å². The lowest BCUT2D eigenvalue weighted by Gasteiger charge is -2.31. The Morgan fingerprint density at radius 3 is 2.68 bits per heavy atom. The molecule has 0 unspecified atom stereocenters. The number of aromatic nitrogens is 2. The minimum absolute atomic E-state index is 0.115. The average molecular weight is 393 g/mol. The van der Waals surface area contributed by atoms with Gasteiger partial charge in [0.1, 0.15) is 18.4 Å². The van der Waals surface area contributed by atoms with Crippen LogP contribution in [-0.2, 0) is 6.54 Å². The molecule has 1 aliphatic rings. The maximum Gasteiger partial charge on any atom is 0.406 e. The third kappa shape index (κ3) is 3.83. The third-order valence-electron chi connectivity index (χ3n) is 4.79. The van der Waals surface area contributed by atoms with Gasteiger partial charge in [0.25, 0.3) is 5.91 Å². The maximum absolute atomic E-state index is 12.7. The molecule has 9 heteroatoms. The van der Waals surface area contributed by atoms with Crippen molar-refractivity contribution >= 4 is 16.8 Å². The second-order valence-corrected chi connectivity index (χ2v) is 6.73. The second-order valence-electron chi connectivity index (χ2n) is 6.73. The van der Waals surface area contributed by atoms with Crippen LogP contribution in [0.3, 0.4) is 0 Å². The van der Waals surface area contributed by atoms with Crippen molar-refractivity contribution in [1.29, 1.82) is 0 Å². The summed E-state index contributed by atoms with van der Waals surface area (Å²) in [6.07, 6.45) is -0.307. The first-order valence-corrected chi connectivity index (χ1v) is 8.92. The first kappa shape index (κ1) is 18.4. The summed E-state index contributed by atoms with van der Waals surface area (Å²) in [4.78, 5) is 14.0. The summed E-state index contributed by atoms with van der Waals surface area (Å²) in [6.45, 7) is -0.0212. The summed E-state index contributed by atoms with van der Waals surface area (Å²) < 4.78 is 50.3. The monoisotopic (exact) mass is 393 g/mol. The van der Waals surface area contributed by atoms with Gasteiger partial charge in [0.05, 0.1) is 11.7 Å². The average Bonchev–Trinajstić information content (AvgIpc) is 3.32. The fourth-order valence-electron chi connectivity index (χ4n) is 3.47. The topological polar surface area (TPSA) is 60.5 Å². The fourth-order valence-corrected chi connectivity index (χ4v) is 3.47. The van der Waals surface area contributed by atoms with Crippen molar-refractivity contribution in [1.82, 2.24) is 14.6 Å². The quantitative estimate of drug-likeness (QED) is 0.675. The molecule has 6 nitrogen and oxygen atoms in total. The smallest absolute Gasteiger partial charge is 0.406 e. The minimum atomic E-state index is -4.29. The van der Waals surface area contributed by atoms with Gasteiger partial charge >= 0.3 is 6.18 Å². The van der Waals surface area contributed by atoms with E-state index in [1.54, 1.807) is 29.2 Å². The number of piperidine rings is 1. The fraction of sp³-hybridized carbons (Fsp3) is 0.368. The standard InChI is InChI=1S/C19H18F3N3O3/c20-19(21,22)12-25-11-7-14-15(25)2-1-3-16(14)27-13-5-9-24(10-6-13)18(26)17-4-8-23-28-17/h1-4,7-8,11,13H,5-6,9-10,12H2. The normalized spacial score (nSPS) is 15.9. The number of fused-ring (bicyclic) bond motifs is 1. The SMILES string of the molecule is O=C(c1ccno1)N1CCC(Oc2cccc3c2ccn3CC(F)(F)F)CC1. The van der Waals surface area contributed by atoms with Crippen LogP contribution in [0.15, 0.2) is 47.2 Å². The number of likely N-dealkylation sites (tertiary alicyclic amines) is 1. The van der Waals surface area contributed by atoms with Gasteiger partial charge in [-0.25, -0.2) is 0 Å². The lowest BCUT2D eigenvalue weighted by atomic mass is 10.1. The van der Waals surface area contributed by atoms with Crippen LogP contribution in [-0.4, -0.2) is 45.9 Å². The van der Waals surface area contributed by atoms with Crippen LogP contribution < -0.4 is 4.74 Å². The highest BCUT2D eigenvalue weighted by Crippen LogP contribution is 2.31. The van der Waals surface area contributed by atoms with Gasteiger partial charge in [-0.05, 0) is 18.2 Å². The van der Waals surface area contributed by atoms with Crippen LogP contribution in [0.2, 0.25) is 0 Å². The summed E-state index contributed by atoms with van der Waals surface area (Å²) >= 11 is 0. The molecule has 4 rings (SSSR count). The molecule has 1 amide bonds. The molecule has 3 aromatic rings. The Morgan fingerprint density at radius 1 is 1.21 bits per heavy atom. The van der Waals surface area contributed by atoms with Gasteiger partial charge in [-0.1, -0.05) is 11.2 Å². The van der Waals surface area contributed by atoms with Crippen LogP contribution in [0.1, 0.15) is 23.4 Å². The van der Waals surface area contributed by atoms with Crippen molar-refractivity contribution in [3.05, 3.63) is 48.5 Å². The van der Waals surface area contributed by atoms with E-state index < -0.39 is 12.7 Å². The van der Waals surface area contributed by atoms with Gasteiger partial charge in [-0.3, -0.25) is 4.79 Å². The van der Waals surface area contributed by atoms with E-state index in [-0.39, 0.29) is 17.8 Å². The molecule has 0 bridgehead atoms. The third-order valence-corrected chi connectivity index (χ3v) is 4.79. The van der Waals surface area contributed by atoms with Gasteiger partial charge in [0.2, 0.25) is 5.76 Å². The van der Waals surface area contributed by atoms with Crippen molar-refractivity contribution < 1.29 is 27.2 Å². The van der Waals surface area contributed by atoms with E-state index in [1.807, 2.05) is 0 Å². The molecule has 148 valence electrons. The van der Waals surface area contributed by atoms with E-state index in [9.17, 15) is 18.0 Å². The first-order chi connectivity index (χ1) is 13.4. The van der Waals surface area contributed by atoms with E-state index in [2.05, 4.69) is 5.16 Å². The Bertz CT molecular complexity index is 958. The van der Waals surface area contributed by atoms with Crippen molar-refractivity contribution in [3.8, 4) is 5.75 Å². The molecule has 0 N–H and O–H groups in total. The Hall–Kier alpha value is -2.97. The molecule has 0 aliphatic carbocycles. The van der Waals surface area contributed by atoms with Crippen LogP contribution >= 0.6 is 0 Å². The zero-order valence-electron chi connectivity index (χ0n) is 14.9. The van der Waals surface area contributed by atoms with E-state index in [0.717, 1.165) is 0 Å².